The summed E-state index contributed by atoms with van der Waals surface area (Å²) in [4.78, 5) is 28.5. The van der Waals surface area contributed by atoms with E-state index in [1.807, 2.05) is 32.9 Å². The van der Waals surface area contributed by atoms with Gasteiger partial charge in [0.15, 0.2) is 0 Å². The van der Waals surface area contributed by atoms with Gasteiger partial charge < -0.3 is 10.2 Å². The summed E-state index contributed by atoms with van der Waals surface area (Å²) in [5.74, 6) is -0.731. The van der Waals surface area contributed by atoms with Crippen molar-refractivity contribution >= 4 is 39.3 Å². The van der Waals surface area contributed by atoms with Gasteiger partial charge >= 0.3 is 10.2 Å². The SMILES string of the molecule is CCCCNC(=O)[C@H](CC)N(Cc1ccc(Cl)cc1)C(=O)CN(c1cc(C)ccc1C)S(=O)(=O)N(C)C. The number of nitrogens with zero attached hydrogens (tertiary/aromatic N) is 3. The number of nitrogens with one attached hydrogen (secondary N) is 1. The molecule has 0 unspecified atom stereocenters. The maximum atomic E-state index is 13.9. The molecule has 2 aromatic rings. The van der Waals surface area contributed by atoms with E-state index in [4.69, 9.17) is 11.6 Å². The Kier molecular flexibility index (Phi) is 11.4. The van der Waals surface area contributed by atoms with Crippen molar-refractivity contribution in [3.8, 4) is 0 Å². The molecule has 0 aliphatic heterocycles. The van der Waals surface area contributed by atoms with Gasteiger partial charge in [0.1, 0.15) is 12.6 Å². The van der Waals surface area contributed by atoms with Crippen molar-refractivity contribution in [3.63, 3.8) is 0 Å². The van der Waals surface area contributed by atoms with Gasteiger partial charge in [-0.2, -0.15) is 12.7 Å². The average molecular weight is 551 g/mol. The Morgan fingerprint density at radius 3 is 2.24 bits per heavy atom. The highest BCUT2D eigenvalue weighted by atomic mass is 35.5. The fourth-order valence-electron chi connectivity index (χ4n) is 3.90. The van der Waals surface area contributed by atoms with Crippen LogP contribution in [0, 0.1) is 13.8 Å². The Bertz CT molecular complexity index is 1170. The molecule has 0 fully saturated rings. The lowest BCUT2D eigenvalue weighted by molar-refractivity contribution is -0.140. The molecular weight excluding hydrogens is 512 g/mol. The monoisotopic (exact) mass is 550 g/mol. The van der Waals surface area contributed by atoms with Crippen molar-refractivity contribution in [2.45, 2.75) is 59.5 Å². The number of hydrogen-bond donors (Lipinski definition) is 1. The van der Waals surface area contributed by atoms with Gasteiger partial charge in [0.25, 0.3) is 0 Å². The van der Waals surface area contributed by atoms with E-state index in [1.165, 1.54) is 19.0 Å². The van der Waals surface area contributed by atoms with Crippen LogP contribution in [-0.2, 0) is 26.3 Å². The van der Waals surface area contributed by atoms with Crippen molar-refractivity contribution in [2.24, 2.45) is 0 Å². The Morgan fingerprint density at radius 2 is 1.68 bits per heavy atom. The lowest BCUT2D eigenvalue weighted by atomic mass is 10.1. The van der Waals surface area contributed by atoms with Crippen molar-refractivity contribution in [3.05, 3.63) is 64.2 Å². The number of carbonyl (C=O) groups excluding carboxylic acids is 2. The van der Waals surface area contributed by atoms with Crippen molar-refractivity contribution in [1.29, 1.82) is 0 Å². The molecule has 8 nitrogen and oxygen atoms in total. The Hall–Kier alpha value is -2.62. The molecular formula is C27H39ClN4O4S. The molecule has 10 heteroatoms. The van der Waals surface area contributed by atoms with Gasteiger partial charge in [-0.25, -0.2) is 4.31 Å². The molecule has 0 radical (unpaired) electrons. The summed E-state index contributed by atoms with van der Waals surface area (Å²) < 4.78 is 29.0. The molecule has 0 aliphatic rings. The van der Waals surface area contributed by atoms with Gasteiger partial charge in [0.2, 0.25) is 11.8 Å². The Labute approximate surface area is 226 Å². The Morgan fingerprint density at radius 1 is 1.03 bits per heavy atom. The van der Waals surface area contributed by atoms with Crippen molar-refractivity contribution < 1.29 is 18.0 Å². The van der Waals surface area contributed by atoms with E-state index in [0.29, 0.717) is 23.7 Å². The molecule has 0 aromatic heterocycles. The number of unbranched alkanes of at least 4 members (excludes halogenated alkanes) is 1. The predicted molar refractivity (Wildman–Crippen MR) is 150 cm³/mol. The minimum Gasteiger partial charge on any atom is -0.354 e. The second-order valence-corrected chi connectivity index (χ2v) is 11.8. The van der Waals surface area contributed by atoms with Gasteiger partial charge in [0, 0.05) is 32.2 Å². The molecule has 0 aliphatic carbocycles. The summed E-state index contributed by atoms with van der Waals surface area (Å²) >= 11 is 6.04. The first kappa shape index (κ1) is 30.6. The summed E-state index contributed by atoms with van der Waals surface area (Å²) in [6.45, 7) is 7.75. The van der Waals surface area contributed by atoms with E-state index >= 15 is 0 Å². The maximum absolute atomic E-state index is 13.9. The van der Waals surface area contributed by atoms with Crippen LogP contribution >= 0.6 is 11.6 Å². The number of halogens is 1. The fourth-order valence-corrected chi connectivity index (χ4v) is 5.14. The normalized spacial score (nSPS) is 12.3. The third-order valence-corrected chi connectivity index (χ3v) is 8.19. The minimum atomic E-state index is -4.01. The van der Waals surface area contributed by atoms with Crippen LogP contribution in [0.15, 0.2) is 42.5 Å². The summed E-state index contributed by atoms with van der Waals surface area (Å²) in [5, 5.41) is 3.48. The van der Waals surface area contributed by atoms with Gasteiger partial charge in [0.05, 0.1) is 5.69 Å². The first-order chi connectivity index (χ1) is 17.4. The quantitative estimate of drug-likeness (QED) is 0.377. The van der Waals surface area contributed by atoms with Crippen LogP contribution in [0.25, 0.3) is 0 Å². The first-order valence-electron chi connectivity index (χ1n) is 12.5. The fraction of sp³-hybridized carbons (Fsp3) is 0.481. The lowest BCUT2D eigenvalue weighted by Gasteiger charge is -2.34. The Balaban J connectivity index is 2.51. The van der Waals surface area contributed by atoms with E-state index in [-0.39, 0.29) is 12.5 Å². The van der Waals surface area contributed by atoms with Crippen molar-refractivity contribution in [2.75, 3.05) is 31.5 Å². The average Bonchev–Trinajstić information content (AvgIpc) is 2.85. The van der Waals surface area contributed by atoms with E-state index < -0.39 is 28.7 Å². The number of rotatable bonds is 13. The number of amides is 2. The second-order valence-electron chi connectivity index (χ2n) is 9.30. The molecule has 204 valence electrons. The van der Waals surface area contributed by atoms with Crippen LogP contribution in [0.5, 0.6) is 0 Å². The van der Waals surface area contributed by atoms with Crippen LogP contribution in [0.1, 0.15) is 49.8 Å². The van der Waals surface area contributed by atoms with Gasteiger partial charge in [-0.1, -0.05) is 56.1 Å². The molecule has 0 bridgehead atoms. The largest absolute Gasteiger partial charge is 0.354 e. The number of benzene rings is 2. The third-order valence-electron chi connectivity index (χ3n) is 6.13. The van der Waals surface area contributed by atoms with Gasteiger partial charge in [-0.3, -0.25) is 9.59 Å². The number of carbonyl (C=O) groups is 2. The lowest BCUT2D eigenvalue weighted by Crippen LogP contribution is -2.53. The molecule has 1 N–H and O–H groups in total. The molecule has 0 heterocycles. The molecule has 37 heavy (non-hydrogen) atoms. The number of hydrogen-bond acceptors (Lipinski definition) is 4. The molecule has 0 spiro atoms. The van der Waals surface area contributed by atoms with E-state index in [2.05, 4.69) is 5.32 Å². The molecule has 0 saturated carbocycles. The highest BCUT2D eigenvalue weighted by Gasteiger charge is 2.34. The standard InChI is InChI=1S/C27H39ClN4O4S/c1-7-9-16-29-27(34)24(8-2)31(18-22-12-14-23(28)15-13-22)26(33)19-32(37(35,36)30(5)6)25-17-20(3)10-11-21(25)4/h10-15,17,24H,7-9,16,18-19H2,1-6H3,(H,29,34)/t24-/m0/s1. The van der Waals surface area contributed by atoms with Crippen LogP contribution in [0.4, 0.5) is 5.69 Å². The molecule has 1 atom stereocenters. The van der Waals surface area contributed by atoms with Crippen LogP contribution < -0.4 is 9.62 Å². The highest BCUT2D eigenvalue weighted by Crippen LogP contribution is 2.26. The summed E-state index contributed by atoms with van der Waals surface area (Å²) in [6, 6.07) is 11.7. The predicted octanol–water partition coefficient (Wildman–Crippen LogP) is 4.29. The van der Waals surface area contributed by atoms with Gasteiger partial charge in [-0.15, -0.1) is 0 Å². The van der Waals surface area contributed by atoms with E-state index in [1.54, 1.807) is 37.3 Å². The van der Waals surface area contributed by atoms with Gasteiger partial charge in [-0.05, 0) is 61.6 Å². The summed E-state index contributed by atoms with van der Waals surface area (Å²) in [5.41, 5.74) is 2.80. The van der Waals surface area contributed by atoms with Crippen molar-refractivity contribution in [1.82, 2.24) is 14.5 Å². The van der Waals surface area contributed by atoms with Crippen LogP contribution in [-0.4, -0.2) is 62.7 Å². The zero-order chi connectivity index (χ0) is 27.8. The second kappa shape index (κ2) is 13.8. The van der Waals surface area contributed by atoms with Crippen LogP contribution in [0.3, 0.4) is 0 Å². The smallest absolute Gasteiger partial charge is 0.304 e. The third kappa shape index (κ3) is 8.18. The van der Waals surface area contributed by atoms with Crippen LogP contribution in [0.2, 0.25) is 5.02 Å². The number of anilines is 1. The highest BCUT2D eigenvalue weighted by molar-refractivity contribution is 7.90. The molecule has 2 amide bonds. The molecule has 2 rings (SSSR count). The topological polar surface area (TPSA) is 90.0 Å². The summed E-state index contributed by atoms with van der Waals surface area (Å²) in [7, 11) is -1.15. The molecule has 0 saturated heterocycles. The summed E-state index contributed by atoms with van der Waals surface area (Å²) in [6.07, 6.45) is 2.13. The molecule has 2 aromatic carbocycles. The first-order valence-corrected chi connectivity index (χ1v) is 14.3. The zero-order valence-corrected chi connectivity index (χ0v) is 24.2. The maximum Gasteiger partial charge on any atom is 0.304 e. The van der Waals surface area contributed by atoms with E-state index in [0.717, 1.165) is 38.1 Å². The van der Waals surface area contributed by atoms with E-state index in [9.17, 15) is 18.0 Å². The number of aryl methyl sites for hydroxylation is 2. The zero-order valence-electron chi connectivity index (χ0n) is 22.6. The minimum absolute atomic E-state index is 0.137.